The molecule has 0 aromatic heterocycles. The summed E-state index contributed by atoms with van der Waals surface area (Å²) in [5.41, 5.74) is 0. The normalized spacial score (nSPS) is 27.6. The third-order valence-corrected chi connectivity index (χ3v) is 26.6. The van der Waals surface area contributed by atoms with E-state index in [1.165, 1.54) is 12.5 Å². The highest BCUT2D eigenvalue weighted by Gasteiger charge is 2.44. The van der Waals surface area contributed by atoms with Gasteiger partial charge in [0.25, 0.3) is 0 Å². The van der Waals surface area contributed by atoms with E-state index in [0.29, 0.717) is 31.0 Å². The molecule has 0 bridgehead atoms. The first-order chi connectivity index (χ1) is 18.5. The second-order valence-corrected chi connectivity index (χ2v) is 32.8. The van der Waals surface area contributed by atoms with Gasteiger partial charge < -0.3 is 39.2 Å². The topological polar surface area (TPSA) is 103 Å². The van der Waals surface area contributed by atoms with E-state index in [2.05, 4.69) is 19.6 Å². The van der Waals surface area contributed by atoms with Gasteiger partial charge >= 0.3 is 44.5 Å². The van der Waals surface area contributed by atoms with Crippen molar-refractivity contribution in [2.24, 2.45) is 5.92 Å². The van der Waals surface area contributed by atoms with E-state index in [1.807, 2.05) is 39.7 Å². The Labute approximate surface area is 251 Å². The number of hydrogen-bond acceptors (Lipinski definition) is 10. The van der Waals surface area contributed by atoms with Crippen LogP contribution in [0.4, 0.5) is 0 Å². The average molecular weight is 675 g/mol. The monoisotopic (exact) mass is 674 g/mol. The molecular formula is C24H58O10Si6. The van der Waals surface area contributed by atoms with E-state index in [4.69, 9.17) is 39.2 Å². The molecule has 2 aliphatic rings. The van der Waals surface area contributed by atoms with Gasteiger partial charge in [0.1, 0.15) is 11.9 Å². The Morgan fingerprint density at radius 2 is 1.45 bits per heavy atom. The Bertz CT molecular complexity index is 709. The molecule has 2 saturated heterocycles. The van der Waals surface area contributed by atoms with Crippen molar-refractivity contribution in [1.82, 2.24) is 0 Å². The van der Waals surface area contributed by atoms with Gasteiger partial charge in [0.05, 0.1) is 13.2 Å². The number of carbonyl (C=O) groups is 1. The first kappa shape index (κ1) is 38.6. The van der Waals surface area contributed by atoms with Crippen LogP contribution in [0.1, 0.15) is 26.2 Å². The zero-order valence-corrected chi connectivity index (χ0v) is 33.6. The van der Waals surface area contributed by atoms with Gasteiger partial charge in [-0.25, -0.2) is 0 Å². The molecule has 0 saturated carbocycles. The van der Waals surface area contributed by atoms with Crippen LogP contribution < -0.4 is 0 Å². The van der Waals surface area contributed by atoms with Crippen LogP contribution in [0.15, 0.2) is 0 Å². The molecule has 4 unspecified atom stereocenters. The predicted molar refractivity (Wildman–Crippen MR) is 173 cm³/mol. The molecule has 0 amide bonds. The first-order valence-corrected chi connectivity index (χ1v) is 29.7. The molecule has 2 aliphatic heterocycles. The summed E-state index contributed by atoms with van der Waals surface area (Å²) in [6.45, 7) is 21.9. The number of hydrogen-bond donors (Lipinski definition) is 0. The molecule has 2 fully saturated rings. The molecular weight excluding hydrogens is 617 g/mol. The van der Waals surface area contributed by atoms with E-state index in [-0.39, 0.29) is 11.7 Å². The maximum absolute atomic E-state index is 12.7. The van der Waals surface area contributed by atoms with Crippen LogP contribution in [-0.4, -0.2) is 106 Å². The summed E-state index contributed by atoms with van der Waals surface area (Å²) in [7, 11) is -7.10. The van der Waals surface area contributed by atoms with Gasteiger partial charge in [-0.15, -0.1) is 0 Å². The molecule has 0 aliphatic carbocycles. The van der Waals surface area contributed by atoms with E-state index in [1.54, 1.807) is 21.3 Å². The Morgan fingerprint density at radius 3 is 1.90 bits per heavy atom. The molecule has 238 valence electrons. The molecule has 10 nitrogen and oxygen atoms in total. The summed E-state index contributed by atoms with van der Waals surface area (Å²) >= 11 is 0. The smallest absolute Gasteiger partial charge is 0.418 e. The van der Waals surface area contributed by atoms with E-state index in [9.17, 15) is 4.79 Å². The van der Waals surface area contributed by atoms with Crippen LogP contribution >= 0.6 is 0 Å². The lowest BCUT2D eigenvalue weighted by Crippen LogP contribution is -2.57. The maximum Gasteiger partial charge on any atom is 0.500 e. The van der Waals surface area contributed by atoms with Crippen molar-refractivity contribution in [1.29, 1.82) is 0 Å². The van der Waals surface area contributed by atoms with Crippen molar-refractivity contribution in [2.45, 2.75) is 103 Å². The van der Waals surface area contributed by atoms with Gasteiger partial charge in [0, 0.05) is 54.4 Å². The van der Waals surface area contributed by atoms with E-state index in [0.717, 1.165) is 19.8 Å². The summed E-state index contributed by atoms with van der Waals surface area (Å²) in [5.74, 6) is 0.0711. The highest BCUT2D eigenvalue weighted by molar-refractivity contribution is 6.85. The zero-order chi connectivity index (χ0) is 30.6. The van der Waals surface area contributed by atoms with Gasteiger partial charge in [0.2, 0.25) is 0 Å². The summed E-state index contributed by atoms with van der Waals surface area (Å²) < 4.78 is 51.7. The molecule has 0 aromatic rings. The summed E-state index contributed by atoms with van der Waals surface area (Å²) in [6, 6.07) is 2.61. The van der Waals surface area contributed by atoms with Crippen LogP contribution in [0.2, 0.25) is 70.5 Å². The molecule has 16 heteroatoms. The van der Waals surface area contributed by atoms with Crippen molar-refractivity contribution in [2.75, 3.05) is 41.2 Å². The number of ether oxygens (including phenoxy) is 2. The minimum Gasteiger partial charge on any atom is -0.418 e. The van der Waals surface area contributed by atoms with E-state index >= 15 is 0 Å². The molecule has 0 spiro atoms. The minimum atomic E-state index is -2.63. The van der Waals surface area contributed by atoms with Crippen LogP contribution in [0.5, 0.6) is 0 Å². The number of Topliss-reactive ketones (excluding diaryl/α,β-unsaturated/α-hetero) is 1. The van der Waals surface area contributed by atoms with Crippen LogP contribution in [0.3, 0.4) is 0 Å². The van der Waals surface area contributed by atoms with Gasteiger partial charge in [-0.1, -0.05) is 32.6 Å². The van der Waals surface area contributed by atoms with Gasteiger partial charge in [0.15, 0.2) is 0 Å². The third-order valence-electron chi connectivity index (χ3n) is 6.72. The van der Waals surface area contributed by atoms with Crippen molar-refractivity contribution in [3.63, 3.8) is 0 Å². The molecule has 2 rings (SSSR count). The summed E-state index contributed by atoms with van der Waals surface area (Å²) in [4.78, 5) is 12.7. The van der Waals surface area contributed by atoms with Crippen LogP contribution in [0, 0.1) is 5.92 Å². The molecule has 4 atom stereocenters. The minimum absolute atomic E-state index is 0.132. The van der Waals surface area contributed by atoms with Crippen LogP contribution in [0.25, 0.3) is 0 Å². The number of carbonyl (C=O) groups excluding carboxylic acids is 1. The summed E-state index contributed by atoms with van der Waals surface area (Å²) in [5, 5.41) is 0. The predicted octanol–water partition coefficient (Wildman–Crippen LogP) is 4.53. The maximum atomic E-state index is 12.7. The fourth-order valence-electron chi connectivity index (χ4n) is 4.74. The van der Waals surface area contributed by atoms with Gasteiger partial charge in [-0.05, 0) is 51.6 Å². The van der Waals surface area contributed by atoms with E-state index < -0.39 is 52.6 Å². The highest BCUT2D eigenvalue weighted by Crippen LogP contribution is 2.28. The molecule has 40 heavy (non-hydrogen) atoms. The Morgan fingerprint density at radius 1 is 0.925 bits per heavy atom. The number of epoxide rings is 1. The largest absolute Gasteiger partial charge is 0.500 e. The lowest BCUT2D eigenvalue weighted by atomic mass is 10.1. The first-order valence-electron chi connectivity index (χ1n) is 14.6. The lowest BCUT2D eigenvalue weighted by Gasteiger charge is -2.41. The lowest BCUT2D eigenvalue weighted by molar-refractivity contribution is -0.122. The third kappa shape index (κ3) is 16.5. The molecule has 2 heterocycles. The van der Waals surface area contributed by atoms with Gasteiger partial charge in [-0.2, -0.15) is 0 Å². The fraction of sp³-hybridized carbons (Fsp3) is 0.958. The van der Waals surface area contributed by atoms with Crippen molar-refractivity contribution < 1.29 is 44.0 Å². The Kier molecular flexibility index (Phi) is 17.2. The summed E-state index contributed by atoms with van der Waals surface area (Å²) in [6.07, 6.45) is 2.79. The molecule has 0 N–H and O–H groups in total. The van der Waals surface area contributed by atoms with Crippen molar-refractivity contribution >= 4 is 58.4 Å². The average Bonchev–Trinajstić information content (AvgIpc) is 3.64. The number of ketones is 1. The molecule has 0 aromatic carbocycles. The highest BCUT2D eigenvalue weighted by atomic mass is 28.5. The second-order valence-electron chi connectivity index (χ2n) is 12.6. The quantitative estimate of drug-likeness (QED) is 0.132. The zero-order valence-electron chi connectivity index (χ0n) is 27.3. The standard InChI is InChI=1S/C15H38O8Si5.C9H20O2Si/c1-14(15(16)11-10-12-28(17-2,18-3)19-4)13-27(9)22-24(5)20-26(7,8)21-25(6)23-27;1-12(2,3)6-4-5-10-7-9-8-11-9/h14,24-25H,10-13H2,1-9H3;9H,4-8H2,1-3H3. The second kappa shape index (κ2) is 17.8. The van der Waals surface area contributed by atoms with Crippen molar-refractivity contribution in [3.8, 4) is 0 Å². The molecule has 0 radical (unpaired) electrons. The Hall–Kier alpha value is 0.611. The SMILES string of the molecule is CO[Si](CCCC(=O)C(C)C[Si]1(C)O[SiH](C)O[Si](C)(C)O[SiH](C)O1)(OC)OC.C[Si](C)(C)CCCOCC1CO1. The fourth-order valence-corrected chi connectivity index (χ4v) is 24.5. The number of rotatable bonds is 16. The van der Waals surface area contributed by atoms with Crippen LogP contribution in [-0.2, 0) is 44.0 Å². The van der Waals surface area contributed by atoms with Gasteiger partial charge in [-0.3, -0.25) is 4.79 Å². The van der Waals surface area contributed by atoms with Crippen molar-refractivity contribution in [3.05, 3.63) is 0 Å². The Balaban J connectivity index is 0.000000552.